The summed E-state index contributed by atoms with van der Waals surface area (Å²) >= 11 is 0. The van der Waals surface area contributed by atoms with Crippen molar-refractivity contribution >= 4 is 18.7 Å². The molecule has 7 heteroatoms. The molecule has 0 radical (unpaired) electrons. The number of carbonyl (C=O) groups is 1. The highest BCUT2D eigenvalue weighted by atomic mass is 16.2. The molecule has 0 aliphatic carbocycles. The number of aromatic nitrogens is 3. The van der Waals surface area contributed by atoms with Gasteiger partial charge in [0.1, 0.15) is 6.79 Å². The molecule has 0 bridgehead atoms. The van der Waals surface area contributed by atoms with Gasteiger partial charge in [0.2, 0.25) is 11.9 Å². The minimum atomic E-state index is 0.136. The molecule has 0 fully saturated rings. The monoisotopic (exact) mass is 249 g/mol. The van der Waals surface area contributed by atoms with Gasteiger partial charge in [-0.1, -0.05) is 30.3 Å². The zero-order chi connectivity index (χ0) is 14.0. The highest BCUT2D eigenvalue weighted by Crippen LogP contribution is 2.14. The van der Waals surface area contributed by atoms with Crippen LogP contribution in [0.25, 0.3) is 11.4 Å². The van der Waals surface area contributed by atoms with Gasteiger partial charge in [0.25, 0.3) is 0 Å². The lowest BCUT2D eigenvalue weighted by Gasteiger charge is -2.00. The van der Waals surface area contributed by atoms with Crippen LogP contribution in [0.15, 0.2) is 30.3 Å². The van der Waals surface area contributed by atoms with E-state index in [0.29, 0.717) is 5.82 Å². The number of benzene rings is 1. The van der Waals surface area contributed by atoms with Gasteiger partial charge in [-0.05, 0) is 0 Å². The molecule has 1 heterocycles. The van der Waals surface area contributed by atoms with Gasteiger partial charge in [0.15, 0.2) is 5.82 Å². The van der Waals surface area contributed by atoms with Crippen LogP contribution in [0.2, 0.25) is 0 Å². The van der Waals surface area contributed by atoms with Gasteiger partial charge in [0.05, 0.1) is 0 Å². The molecule has 0 unspecified atom stereocenters. The highest BCUT2D eigenvalue weighted by molar-refractivity contribution is 5.56. The molecule has 2 rings (SSSR count). The molecular formula is C11H15N5O2. The number of nitrogens with zero attached hydrogens (tertiary/aromatic N) is 3. The predicted molar refractivity (Wildman–Crippen MR) is 69.4 cm³/mol. The zero-order valence-corrected chi connectivity index (χ0v) is 9.95. The van der Waals surface area contributed by atoms with E-state index in [1.165, 1.54) is 0 Å². The summed E-state index contributed by atoms with van der Waals surface area (Å²) in [6.07, 6.45) is 0. The first-order chi connectivity index (χ1) is 8.75. The Morgan fingerprint density at radius 1 is 0.944 bits per heavy atom. The Morgan fingerprint density at radius 3 is 1.83 bits per heavy atom. The fourth-order valence-corrected chi connectivity index (χ4v) is 1.13. The maximum absolute atomic E-state index is 8.00. The molecule has 0 amide bonds. The number of carbonyl (C=O) groups excluding carboxylic acids is 1. The molecule has 0 saturated carbocycles. The fraction of sp³-hybridized carbons (Fsp3) is 0.0909. The van der Waals surface area contributed by atoms with E-state index in [1.54, 1.807) is 0 Å². The number of aliphatic hydroxyl groups excluding tert-OH is 1. The number of aliphatic hydroxyl groups is 1. The second-order valence-electron chi connectivity index (χ2n) is 2.74. The molecule has 18 heavy (non-hydrogen) atoms. The van der Waals surface area contributed by atoms with Crippen molar-refractivity contribution in [3.8, 4) is 11.4 Å². The van der Waals surface area contributed by atoms with E-state index in [9.17, 15) is 0 Å². The van der Waals surface area contributed by atoms with Crippen molar-refractivity contribution in [2.75, 3.05) is 18.6 Å². The normalized spacial score (nSPS) is 8.33. The topological polar surface area (TPSA) is 128 Å². The van der Waals surface area contributed by atoms with Crippen molar-refractivity contribution in [3.63, 3.8) is 0 Å². The van der Waals surface area contributed by atoms with Crippen LogP contribution in [-0.4, -0.2) is 34.0 Å². The quantitative estimate of drug-likeness (QED) is 0.655. The fourth-order valence-electron chi connectivity index (χ4n) is 1.13. The van der Waals surface area contributed by atoms with E-state index in [2.05, 4.69) is 15.0 Å². The molecule has 0 saturated heterocycles. The summed E-state index contributed by atoms with van der Waals surface area (Å²) in [6.45, 7) is 2.00. The van der Waals surface area contributed by atoms with Crippen molar-refractivity contribution in [3.05, 3.63) is 30.3 Å². The van der Waals surface area contributed by atoms with Gasteiger partial charge in [-0.3, -0.25) is 0 Å². The van der Waals surface area contributed by atoms with Crippen molar-refractivity contribution in [2.24, 2.45) is 0 Å². The van der Waals surface area contributed by atoms with Gasteiger partial charge in [-0.15, -0.1) is 0 Å². The lowest BCUT2D eigenvalue weighted by atomic mass is 10.2. The number of hydrogen-bond donors (Lipinski definition) is 3. The average molecular weight is 249 g/mol. The molecule has 96 valence electrons. The van der Waals surface area contributed by atoms with E-state index < -0.39 is 0 Å². The first-order valence-electron chi connectivity index (χ1n) is 4.82. The number of anilines is 2. The third-order valence-corrected chi connectivity index (χ3v) is 1.70. The Balaban J connectivity index is 0.000000659. The summed E-state index contributed by atoms with van der Waals surface area (Å²) in [5.41, 5.74) is 11.8. The largest absolute Gasteiger partial charge is 0.400 e. The van der Waals surface area contributed by atoms with Gasteiger partial charge < -0.3 is 21.4 Å². The van der Waals surface area contributed by atoms with Crippen LogP contribution in [0.3, 0.4) is 0 Å². The zero-order valence-electron chi connectivity index (χ0n) is 9.95. The Kier molecular flexibility index (Phi) is 7.38. The Hall–Kier alpha value is -2.54. The SMILES string of the molecule is C=O.CO.Nc1nc(N)nc(-c2ccccc2)n1. The second-order valence-corrected chi connectivity index (χ2v) is 2.74. The summed E-state index contributed by atoms with van der Waals surface area (Å²) in [4.78, 5) is 19.7. The maximum atomic E-state index is 8.00. The van der Waals surface area contributed by atoms with Crippen LogP contribution in [-0.2, 0) is 4.79 Å². The van der Waals surface area contributed by atoms with Crippen molar-refractivity contribution in [1.82, 2.24) is 15.0 Å². The minimum Gasteiger partial charge on any atom is -0.400 e. The molecule has 0 atom stereocenters. The molecule has 5 N–H and O–H groups in total. The van der Waals surface area contributed by atoms with Gasteiger partial charge in [-0.2, -0.15) is 15.0 Å². The lowest BCUT2D eigenvalue weighted by Crippen LogP contribution is -2.04. The first kappa shape index (κ1) is 15.5. The minimum absolute atomic E-state index is 0.136. The highest BCUT2D eigenvalue weighted by Gasteiger charge is 2.03. The number of rotatable bonds is 1. The van der Waals surface area contributed by atoms with E-state index in [4.69, 9.17) is 21.4 Å². The Morgan fingerprint density at radius 2 is 1.39 bits per heavy atom. The molecule has 1 aromatic carbocycles. The Bertz CT molecular complexity index is 444. The summed E-state index contributed by atoms with van der Waals surface area (Å²) in [5.74, 6) is 0.767. The standard InChI is InChI=1S/C9H9N5.CH4O.CH2O/c10-8-12-7(13-9(11)14-8)6-4-2-1-3-5-6;2*1-2/h1-5H,(H4,10,11,12,13,14);2H,1H3;1H2. The molecular weight excluding hydrogens is 234 g/mol. The molecule has 7 nitrogen and oxygen atoms in total. The van der Waals surface area contributed by atoms with E-state index in [1.807, 2.05) is 37.1 Å². The average Bonchev–Trinajstić information content (AvgIpc) is 2.43. The van der Waals surface area contributed by atoms with Crippen LogP contribution in [0.4, 0.5) is 11.9 Å². The summed E-state index contributed by atoms with van der Waals surface area (Å²) in [7, 11) is 1.00. The number of nitrogens with two attached hydrogens (primary N) is 2. The smallest absolute Gasteiger partial charge is 0.225 e. The Labute approximate surface area is 105 Å². The molecule has 0 spiro atoms. The summed E-state index contributed by atoms with van der Waals surface area (Å²) in [6, 6.07) is 9.47. The third-order valence-electron chi connectivity index (χ3n) is 1.70. The molecule has 0 aliphatic heterocycles. The van der Waals surface area contributed by atoms with Gasteiger partial charge in [-0.25, -0.2) is 0 Å². The molecule has 0 aliphatic rings. The van der Waals surface area contributed by atoms with Crippen LogP contribution in [0, 0.1) is 0 Å². The first-order valence-corrected chi connectivity index (χ1v) is 4.82. The third kappa shape index (κ3) is 4.54. The van der Waals surface area contributed by atoms with Crippen molar-refractivity contribution < 1.29 is 9.90 Å². The van der Waals surface area contributed by atoms with Crippen molar-refractivity contribution in [1.29, 1.82) is 0 Å². The van der Waals surface area contributed by atoms with Gasteiger partial charge in [0, 0.05) is 12.7 Å². The summed E-state index contributed by atoms with van der Waals surface area (Å²) < 4.78 is 0. The van der Waals surface area contributed by atoms with Crippen LogP contribution >= 0.6 is 0 Å². The molecule has 1 aromatic heterocycles. The van der Waals surface area contributed by atoms with E-state index >= 15 is 0 Å². The van der Waals surface area contributed by atoms with Crippen molar-refractivity contribution in [2.45, 2.75) is 0 Å². The number of hydrogen-bond acceptors (Lipinski definition) is 7. The lowest BCUT2D eigenvalue weighted by molar-refractivity contribution is -0.0979. The van der Waals surface area contributed by atoms with Crippen LogP contribution in [0.1, 0.15) is 0 Å². The molecule has 2 aromatic rings. The second kappa shape index (κ2) is 8.59. The van der Waals surface area contributed by atoms with E-state index in [0.717, 1.165) is 12.7 Å². The summed E-state index contributed by atoms with van der Waals surface area (Å²) in [5, 5.41) is 7.00. The maximum Gasteiger partial charge on any atom is 0.225 e. The predicted octanol–water partition coefficient (Wildman–Crippen LogP) is 0.127. The van der Waals surface area contributed by atoms with Crippen LogP contribution in [0.5, 0.6) is 0 Å². The van der Waals surface area contributed by atoms with Crippen LogP contribution < -0.4 is 11.5 Å². The number of nitrogen functional groups attached to an aromatic ring is 2. The van der Waals surface area contributed by atoms with Gasteiger partial charge >= 0.3 is 0 Å². The van der Waals surface area contributed by atoms with E-state index in [-0.39, 0.29) is 11.9 Å².